The fourth-order valence-corrected chi connectivity index (χ4v) is 4.66. The van der Waals surface area contributed by atoms with Crippen LogP contribution in [0.15, 0.2) is 79.1 Å². The lowest BCUT2D eigenvalue weighted by atomic mass is 10.1. The predicted molar refractivity (Wildman–Crippen MR) is 142 cm³/mol. The zero-order chi connectivity index (χ0) is 23.4. The highest BCUT2D eigenvalue weighted by Crippen LogP contribution is 2.21. The first kappa shape index (κ1) is 24.1. The first-order valence-corrected chi connectivity index (χ1v) is 13.1. The Balaban J connectivity index is 1.12. The minimum atomic E-state index is -0.196. The van der Waals surface area contributed by atoms with Crippen LogP contribution in [0.2, 0.25) is 0 Å². The van der Waals surface area contributed by atoms with Crippen molar-refractivity contribution in [1.29, 1.82) is 0 Å². The second kappa shape index (κ2) is 13.0. The molecule has 1 fully saturated rings. The molecular weight excluding hydrogens is 440 g/mol. The molecule has 4 rings (SSSR count). The lowest BCUT2D eigenvalue weighted by Crippen LogP contribution is -2.32. The Labute approximate surface area is 207 Å². The molecule has 34 heavy (non-hydrogen) atoms. The van der Waals surface area contributed by atoms with E-state index in [1.54, 1.807) is 0 Å². The van der Waals surface area contributed by atoms with Crippen LogP contribution in [0, 0.1) is 0 Å². The van der Waals surface area contributed by atoms with Crippen molar-refractivity contribution >= 4 is 34.9 Å². The number of aromatic nitrogens is 1. The van der Waals surface area contributed by atoms with Crippen molar-refractivity contribution in [2.45, 2.75) is 38.8 Å². The number of hydrogen-bond donors (Lipinski definition) is 0. The van der Waals surface area contributed by atoms with Crippen molar-refractivity contribution in [1.82, 2.24) is 0 Å². The summed E-state index contributed by atoms with van der Waals surface area (Å²) in [5, 5.41) is -0.196. The summed E-state index contributed by atoms with van der Waals surface area (Å²) in [5.41, 5.74) is 4.76. The van der Waals surface area contributed by atoms with Gasteiger partial charge in [0.25, 0.3) is 0 Å². The average molecular weight is 474 g/mol. The van der Waals surface area contributed by atoms with Crippen LogP contribution in [0.4, 0.5) is 10.5 Å². The van der Waals surface area contributed by atoms with Gasteiger partial charge in [0, 0.05) is 43.1 Å². The number of nitrogens with zero attached hydrogens (tertiary/aromatic N) is 2. The molecule has 5 heteroatoms. The number of rotatable bonds is 10. The van der Waals surface area contributed by atoms with E-state index in [-0.39, 0.29) is 5.30 Å². The molecule has 1 aliphatic rings. The van der Waals surface area contributed by atoms with Crippen molar-refractivity contribution in [3.05, 3.63) is 95.8 Å². The van der Waals surface area contributed by atoms with Gasteiger partial charge in [-0.25, -0.2) is 9.36 Å². The second-order valence-electron chi connectivity index (χ2n) is 8.57. The summed E-state index contributed by atoms with van der Waals surface area (Å²) in [6.07, 6.45) is 13.2. The van der Waals surface area contributed by atoms with Crippen LogP contribution >= 0.6 is 11.8 Å². The summed E-state index contributed by atoms with van der Waals surface area (Å²) in [6.45, 7) is 3.65. The van der Waals surface area contributed by atoms with Crippen LogP contribution < -0.4 is 9.47 Å². The SMILES string of the molecule is O=C(OCc1ccccc1)SCCCC[n+]1ccc(/C=C/c2ccc(N3CCCC3)cc2)cc1. The van der Waals surface area contributed by atoms with E-state index in [0.717, 1.165) is 30.7 Å². The Morgan fingerprint density at radius 2 is 1.56 bits per heavy atom. The van der Waals surface area contributed by atoms with Gasteiger partial charge in [-0.2, -0.15) is 0 Å². The minimum Gasteiger partial charge on any atom is -0.453 e. The predicted octanol–water partition coefficient (Wildman–Crippen LogP) is 6.59. The summed E-state index contributed by atoms with van der Waals surface area (Å²) < 4.78 is 7.50. The van der Waals surface area contributed by atoms with Crippen LogP contribution in [-0.2, 0) is 17.9 Å². The van der Waals surface area contributed by atoms with Gasteiger partial charge < -0.3 is 9.64 Å². The monoisotopic (exact) mass is 473 g/mol. The van der Waals surface area contributed by atoms with Crippen molar-refractivity contribution in [2.24, 2.45) is 0 Å². The maximum absolute atomic E-state index is 11.9. The van der Waals surface area contributed by atoms with Crippen LogP contribution in [0.5, 0.6) is 0 Å². The van der Waals surface area contributed by atoms with Gasteiger partial charge in [-0.3, -0.25) is 0 Å². The zero-order valence-electron chi connectivity index (χ0n) is 19.6. The lowest BCUT2D eigenvalue weighted by Gasteiger charge is -2.17. The van der Waals surface area contributed by atoms with Gasteiger partial charge in [-0.1, -0.05) is 54.6 Å². The molecule has 1 aliphatic heterocycles. The topological polar surface area (TPSA) is 33.4 Å². The van der Waals surface area contributed by atoms with Crippen molar-refractivity contribution in [3.8, 4) is 0 Å². The van der Waals surface area contributed by atoms with Crippen molar-refractivity contribution in [2.75, 3.05) is 23.7 Å². The van der Waals surface area contributed by atoms with Gasteiger partial charge in [0.1, 0.15) is 13.2 Å². The van der Waals surface area contributed by atoms with E-state index in [4.69, 9.17) is 4.74 Å². The Morgan fingerprint density at radius 3 is 2.26 bits per heavy atom. The Morgan fingerprint density at radius 1 is 0.882 bits per heavy atom. The highest BCUT2D eigenvalue weighted by Gasteiger charge is 2.11. The molecule has 176 valence electrons. The summed E-state index contributed by atoms with van der Waals surface area (Å²) in [7, 11) is 0. The molecule has 0 N–H and O–H groups in total. The maximum Gasteiger partial charge on any atom is 0.367 e. The quantitative estimate of drug-likeness (QED) is 0.189. The fourth-order valence-electron chi connectivity index (χ4n) is 4.00. The first-order chi connectivity index (χ1) is 16.8. The number of anilines is 1. The number of carbonyl (C=O) groups excluding carboxylic acids is 1. The molecule has 0 spiro atoms. The summed E-state index contributed by atoms with van der Waals surface area (Å²) in [5.74, 6) is 0.783. The molecule has 2 aromatic carbocycles. The number of benzene rings is 2. The molecule has 4 nitrogen and oxygen atoms in total. The molecule has 0 aliphatic carbocycles. The van der Waals surface area contributed by atoms with E-state index >= 15 is 0 Å². The lowest BCUT2D eigenvalue weighted by molar-refractivity contribution is -0.697. The molecule has 0 bridgehead atoms. The molecule has 3 aromatic rings. The van der Waals surface area contributed by atoms with Crippen LogP contribution in [0.1, 0.15) is 42.4 Å². The van der Waals surface area contributed by atoms with E-state index in [0.29, 0.717) is 6.61 Å². The standard InChI is InChI=1S/C29H33N2O2S/c32-29(33-24-27-8-2-1-3-9-27)34-23-7-6-18-30-21-16-26(17-22-30)11-10-25-12-14-28(15-13-25)31-19-4-5-20-31/h1-3,8-17,21-22H,4-7,18-20,23-24H2/q+1. The smallest absolute Gasteiger partial charge is 0.367 e. The molecular formula is C29H33N2O2S+. The Kier molecular flexibility index (Phi) is 9.21. The minimum absolute atomic E-state index is 0.196. The van der Waals surface area contributed by atoms with Gasteiger partial charge in [0.15, 0.2) is 12.4 Å². The molecule has 2 heterocycles. The number of unbranched alkanes of at least 4 members (excludes halogenated alkanes) is 1. The molecule has 1 aromatic heterocycles. The van der Waals surface area contributed by atoms with Crippen molar-refractivity contribution in [3.63, 3.8) is 0 Å². The van der Waals surface area contributed by atoms with Gasteiger partial charge in [0.2, 0.25) is 0 Å². The molecule has 0 amide bonds. The zero-order valence-corrected chi connectivity index (χ0v) is 20.5. The number of thioether (sulfide) groups is 1. The number of hydrogen-bond acceptors (Lipinski definition) is 4. The van der Waals surface area contributed by atoms with Gasteiger partial charge in [-0.15, -0.1) is 0 Å². The maximum atomic E-state index is 11.9. The first-order valence-electron chi connectivity index (χ1n) is 12.1. The number of ether oxygens (including phenoxy) is 1. The third-order valence-electron chi connectivity index (χ3n) is 5.98. The highest BCUT2D eigenvalue weighted by atomic mass is 32.2. The summed E-state index contributed by atoms with van der Waals surface area (Å²) >= 11 is 1.26. The van der Waals surface area contributed by atoms with Gasteiger partial charge >= 0.3 is 5.30 Å². The highest BCUT2D eigenvalue weighted by molar-refractivity contribution is 8.13. The fraction of sp³-hybridized carbons (Fsp3) is 0.310. The number of aryl methyl sites for hydroxylation is 1. The second-order valence-corrected chi connectivity index (χ2v) is 9.60. The molecule has 0 saturated carbocycles. The van der Waals surface area contributed by atoms with Crippen LogP contribution in [0.3, 0.4) is 0 Å². The van der Waals surface area contributed by atoms with Crippen LogP contribution in [-0.4, -0.2) is 24.1 Å². The van der Waals surface area contributed by atoms with Gasteiger partial charge in [0.05, 0.1) is 0 Å². The number of pyridine rings is 1. The molecule has 0 atom stereocenters. The van der Waals surface area contributed by atoms with E-state index in [9.17, 15) is 4.79 Å². The van der Waals surface area contributed by atoms with Crippen LogP contribution in [0.25, 0.3) is 12.2 Å². The third kappa shape index (κ3) is 7.77. The van der Waals surface area contributed by atoms with Crippen molar-refractivity contribution < 1.29 is 14.1 Å². The summed E-state index contributed by atoms with van der Waals surface area (Å²) in [4.78, 5) is 14.3. The Bertz CT molecular complexity index is 1040. The molecule has 0 radical (unpaired) electrons. The van der Waals surface area contributed by atoms with E-state index in [1.165, 1.54) is 54.5 Å². The molecule has 0 unspecified atom stereocenters. The Hall–Kier alpha value is -3.05. The van der Waals surface area contributed by atoms with E-state index < -0.39 is 0 Å². The third-order valence-corrected chi connectivity index (χ3v) is 6.83. The van der Waals surface area contributed by atoms with E-state index in [1.807, 2.05) is 30.3 Å². The van der Waals surface area contributed by atoms with Gasteiger partial charge in [-0.05, 0) is 59.8 Å². The largest absolute Gasteiger partial charge is 0.453 e. The van der Waals surface area contributed by atoms with E-state index in [2.05, 4.69) is 70.4 Å². The normalized spacial score (nSPS) is 13.5. The number of carbonyl (C=O) groups is 1. The summed E-state index contributed by atoms with van der Waals surface area (Å²) in [6, 6.07) is 22.9. The average Bonchev–Trinajstić information content (AvgIpc) is 3.43. The molecule has 1 saturated heterocycles.